The Labute approximate surface area is 133 Å². The van der Waals surface area contributed by atoms with Crippen molar-refractivity contribution < 1.29 is 9.66 Å². The minimum atomic E-state index is -0.496. The van der Waals surface area contributed by atoms with Gasteiger partial charge < -0.3 is 15.4 Å². The fourth-order valence-electron chi connectivity index (χ4n) is 1.92. The number of rotatable bonds is 9. The molecular formula is C14H18N6O3. The molecule has 0 spiro atoms. The van der Waals surface area contributed by atoms with Gasteiger partial charge in [-0.1, -0.05) is 6.07 Å². The maximum Gasteiger partial charge on any atom is 0.353 e. The summed E-state index contributed by atoms with van der Waals surface area (Å²) in [6.45, 7) is 1.47. The number of ether oxygens (including phenoxy) is 1. The first kappa shape index (κ1) is 16.6. The third kappa shape index (κ3) is 4.85. The van der Waals surface area contributed by atoms with Gasteiger partial charge in [0.25, 0.3) is 0 Å². The van der Waals surface area contributed by atoms with Crippen molar-refractivity contribution in [3.8, 4) is 0 Å². The molecule has 2 aromatic heterocycles. The quantitative estimate of drug-likeness (QED) is 0.409. The van der Waals surface area contributed by atoms with Crippen molar-refractivity contribution in [2.45, 2.75) is 13.0 Å². The standard InChI is InChI=1S/C14H18N6O3/c1-23-7-3-6-16-13-12(20(21)22)14(19-10-18-13)17-9-11-4-2-5-15-8-11/h2,4-5,8,10H,3,6-7,9H2,1H3,(H2,16,17,18,19). The van der Waals surface area contributed by atoms with Gasteiger partial charge in [0.05, 0.1) is 4.92 Å². The average Bonchev–Trinajstić information content (AvgIpc) is 2.57. The summed E-state index contributed by atoms with van der Waals surface area (Å²) >= 11 is 0. The van der Waals surface area contributed by atoms with Crippen LogP contribution >= 0.6 is 0 Å². The first-order valence-electron chi connectivity index (χ1n) is 7.07. The van der Waals surface area contributed by atoms with Crippen LogP contribution in [-0.4, -0.2) is 40.1 Å². The van der Waals surface area contributed by atoms with E-state index in [1.807, 2.05) is 6.07 Å². The molecule has 0 aliphatic rings. The summed E-state index contributed by atoms with van der Waals surface area (Å²) in [6.07, 6.45) is 5.36. The molecule has 0 saturated carbocycles. The second kappa shape index (κ2) is 8.59. The molecule has 0 fully saturated rings. The summed E-state index contributed by atoms with van der Waals surface area (Å²) < 4.78 is 4.94. The van der Waals surface area contributed by atoms with Crippen molar-refractivity contribution in [3.63, 3.8) is 0 Å². The molecule has 0 bridgehead atoms. The van der Waals surface area contributed by atoms with Gasteiger partial charge in [0.1, 0.15) is 6.33 Å². The summed E-state index contributed by atoms with van der Waals surface area (Å²) in [5.41, 5.74) is 0.726. The molecule has 0 aromatic carbocycles. The van der Waals surface area contributed by atoms with Gasteiger partial charge in [-0.2, -0.15) is 0 Å². The van der Waals surface area contributed by atoms with Crippen molar-refractivity contribution >= 4 is 17.3 Å². The van der Waals surface area contributed by atoms with E-state index in [2.05, 4.69) is 25.6 Å². The van der Waals surface area contributed by atoms with Crippen LogP contribution in [0.25, 0.3) is 0 Å². The predicted octanol–water partition coefficient (Wildman–Crippen LogP) is 1.84. The van der Waals surface area contributed by atoms with E-state index in [0.29, 0.717) is 19.7 Å². The molecule has 9 heteroatoms. The highest BCUT2D eigenvalue weighted by Gasteiger charge is 2.22. The van der Waals surface area contributed by atoms with Crippen LogP contribution in [0.1, 0.15) is 12.0 Å². The molecule has 0 unspecified atom stereocenters. The lowest BCUT2D eigenvalue weighted by atomic mass is 10.3. The molecule has 2 rings (SSSR count). The average molecular weight is 318 g/mol. The lowest BCUT2D eigenvalue weighted by Crippen LogP contribution is -2.11. The minimum absolute atomic E-state index is 0.170. The SMILES string of the molecule is COCCCNc1ncnc(NCc2cccnc2)c1[N+](=O)[O-]. The van der Waals surface area contributed by atoms with Gasteiger partial charge in [0.2, 0.25) is 11.6 Å². The highest BCUT2D eigenvalue weighted by Crippen LogP contribution is 2.29. The fraction of sp³-hybridized carbons (Fsp3) is 0.357. The Morgan fingerprint density at radius 3 is 2.74 bits per heavy atom. The van der Waals surface area contributed by atoms with Crippen LogP contribution in [0.5, 0.6) is 0 Å². The Hall–Kier alpha value is -2.81. The molecule has 0 radical (unpaired) electrons. The van der Waals surface area contributed by atoms with Gasteiger partial charge in [-0.15, -0.1) is 0 Å². The van der Waals surface area contributed by atoms with Gasteiger partial charge in [0, 0.05) is 39.2 Å². The molecule has 2 heterocycles. The zero-order valence-electron chi connectivity index (χ0n) is 12.7. The summed E-state index contributed by atoms with van der Waals surface area (Å²) in [5, 5.41) is 17.2. The van der Waals surface area contributed by atoms with E-state index in [0.717, 1.165) is 12.0 Å². The maximum atomic E-state index is 11.4. The van der Waals surface area contributed by atoms with Crippen LogP contribution in [0, 0.1) is 10.1 Å². The smallest absolute Gasteiger partial charge is 0.353 e. The second-order valence-corrected chi connectivity index (χ2v) is 4.66. The van der Waals surface area contributed by atoms with E-state index in [4.69, 9.17) is 4.74 Å². The third-order valence-electron chi connectivity index (χ3n) is 3.01. The molecule has 0 aliphatic heterocycles. The number of nitrogens with one attached hydrogen (secondary N) is 2. The van der Waals surface area contributed by atoms with E-state index in [1.54, 1.807) is 25.6 Å². The van der Waals surface area contributed by atoms with Crippen LogP contribution in [0.2, 0.25) is 0 Å². The Morgan fingerprint density at radius 1 is 1.30 bits per heavy atom. The van der Waals surface area contributed by atoms with Gasteiger partial charge in [-0.05, 0) is 18.1 Å². The Balaban J connectivity index is 2.10. The van der Waals surface area contributed by atoms with E-state index in [9.17, 15) is 10.1 Å². The molecule has 23 heavy (non-hydrogen) atoms. The number of nitrogens with zero attached hydrogens (tertiary/aromatic N) is 4. The normalized spacial score (nSPS) is 10.3. The highest BCUT2D eigenvalue weighted by atomic mass is 16.6. The summed E-state index contributed by atoms with van der Waals surface area (Å²) in [4.78, 5) is 22.8. The molecule has 122 valence electrons. The maximum absolute atomic E-state index is 11.4. The summed E-state index contributed by atoms with van der Waals surface area (Å²) in [6, 6.07) is 3.67. The minimum Gasteiger partial charge on any atom is -0.385 e. The lowest BCUT2D eigenvalue weighted by Gasteiger charge is -2.09. The molecule has 2 N–H and O–H groups in total. The summed E-state index contributed by atoms with van der Waals surface area (Å²) in [5.74, 6) is 0.359. The molecule has 0 atom stereocenters. The molecule has 0 amide bonds. The van der Waals surface area contributed by atoms with Gasteiger partial charge >= 0.3 is 5.69 Å². The number of anilines is 2. The third-order valence-corrected chi connectivity index (χ3v) is 3.01. The zero-order chi connectivity index (χ0) is 16.5. The molecular weight excluding hydrogens is 300 g/mol. The van der Waals surface area contributed by atoms with E-state index < -0.39 is 4.92 Å². The Bertz CT molecular complexity index is 638. The second-order valence-electron chi connectivity index (χ2n) is 4.66. The van der Waals surface area contributed by atoms with Gasteiger partial charge in [-0.3, -0.25) is 15.1 Å². The number of methoxy groups -OCH3 is 1. The predicted molar refractivity (Wildman–Crippen MR) is 85.2 cm³/mol. The van der Waals surface area contributed by atoms with Crippen LogP contribution in [-0.2, 0) is 11.3 Å². The van der Waals surface area contributed by atoms with Crippen LogP contribution in [0.15, 0.2) is 30.9 Å². The van der Waals surface area contributed by atoms with Crippen molar-refractivity contribution in [1.82, 2.24) is 15.0 Å². The molecule has 0 aliphatic carbocycles. The summed E-state index contributed by atoms with van der Waals surface area (Å²) in [7, 11) is 1.60. The lowest BCUT2D eigenvalue weighted by molar-refractivity contribution is -0.383. The first-order valence-corrected chi connectivity index (χ1v) is 7.07. The van der Waals surface area contributed by atoms with E-state index in [-0.39, 0.29) is 17.3 Å². The Kier molecular flexibility index (Phi) is 6.18. The topological polar surface area (TPSA) is 115 Å². The molecule has 2 aromatic rings. The number of hydrogen-bond donors (Lipinski definition) is 2. The van der Waals surface area contributed by atoms with Crippen LogP contribution < -0.4 is 10.6 Å². The first-order chi connectivity index (χ1) is 11.2. The Morgan fingerprint density at radius 2 is 2.09 bits per heavy atom. The van der Waals surface area contributed by atoms with Crippen molar-refractivity contribution in [2.24, 2.45) is 0 Å². The van der Waals surface area contributed by atoms with E-state index in [1.165, 1.54) is 6.33 Å². The zero-order valence-corrected chi connectivity index (χ0v) is 12.7. The molecule has 0 saturated heterocycles. The molecule has 9 nitrogen and oxygen atoms in total. The van der Waals surface area contributed by atoms with Crippen molar-refractivity contribution in [2.75, 3.05) is 30.9 Å². The number of nitro groups is 1. The fourth-order valence-corrected chi connectivity index (χ4v) is 1.92. The number of aromatic nitrogens is 3. The van der Waals surface area contributed by atoms with E-state index >= 15 is 0 Å². The van der Waals surface area contributed by atoms with Crippen LogP contribution in [0.4, 0.5) is 17.3 Å². The highest BCUT2D eigenvalue weighted by molar-refractivity contribution is 5.69. The number of hydrogen-bond acceptors (Lipinski definition) is 8. The van der Waals surface area contributed by atoms with Gasteiger partial charge in [0.15, 0.2) is 0 Å². The largest absolute Gasteiger partial charge is 0.385 e. The van der Waals surface area contributed by atoms with Gasteiger partial charge in [-0.25, -0.2) is 9.97 Å². The number of pyridine rings is 1. The monoisotopic (exact) mass is 318 g/mol. The van der Waals surface area contributed by atoms with Crippen molar-refractivity contribution in [3.05, 3.63) is 46.5 Å². The van der Waals surface area contributed by atoms with Crippen LogP contribution in [0.3, 0.4) is 0 Å². The van der Waals surface area contributed by atoms with Crippen molar-refractivity contribution in [1.29, 1.82) is 0 Å².